The molecule has 230 valence electrons. The van der Waals surface area contributed by atoms with Gasteiger partial charge in [-0.2, -0.15) is 0 Å². The first-order valence-corrected chi connectivity index (χ1v) is 14.7. The number of anilines is 1. The highest BCUT2D eigenvalue weighted by Gasteiger charge is 2.69. The van der Waals surface area contributed by atoms with Gasteiger partial charge >= 0.3 is 0 Å². The van der Waals surface area contributed by atoms with Crippen LogP contribution in [0.5, 0.6) is 5.75 Å². The number of amides is 1. The third kappa shape index (κ3) is 4.42. The van der Waals surface area contributed by atoms with Crippen LogP contribution in [0, 0.1) is 23.7 Å². The fourth-order valence-corrected chi connectivity index (χ4v) is 8.05. The van der Waals surface area contributed by atoms with Crippen LogP contribution in [0.2, 0.25) is 0 Å². The first-order valence-electron chi connectivity index (χ1n) is 14.7. The third-order valence-electron chi connectivity index (χ3n) is 10.2. The molecule has 3 fully saturated rings. The van der Waals surface area contributed by atoms with E-state index in [1.54, 1.807) is 37.4 Å². The zero-order valence-corrected chi connectivity index (χ0v) is 24.4. The van der Waals surface area contributed by atoms with Crippen molar-refractivity contribution in [2.45, 2.75) is 49.5 Å². The molecule has 2 heterocycles. The van der Waals surface area contributed by atoms with Crippen molar-refractivity contribution in [3.05, 3.63) is 35.8 Å². The highest BCUT2D eigenvalue weighted by atomic mass is 16.3. The maximum Gasteiger partial charge on any atom is 0.230 e. The van der Waals surface area contributed by atoms with E-state index in [4.69, 9.17) is 10.2 Å². The summed E-state index contributed by atoms with van der Waals surface area (Å²) in [7, 11) is 5.28. The Morgan fingerprint density at radius 2 is 1.88 bits per heavy atom. The number of aliphatic hydroxyl groups excluding tert-OH is 1. The molecular weight excluding hydrogens is 556 g/mol. The summed E-state index contributed by atoms with van der Waals surface area (Å²) >= 11 is 0. The SMILES string of the molecule is CN1CCC(Nc2cc(-c3ccoc3)c3c(c2O)C(=O)C2C(=O)[C@@]4(O)C(=O)C(C(N)=O)C(O)[C@H](N(C)C)[C@H]4C[C@H]2C3)CC1. The molecule has 0 bridgehead atoms. The van der Waals surface area contributed by atoms with Crippen LogP contribution in [0.15, 0.2) is 29.1 Å². The maximum atomic E-state index is 14.3. The summed E-state index contributed by atoms with van der Waals surface area (Å²) in [6.07, 6.45) is 3.45. The number of nitrogens with two attached hydrogens (primary N) is 1. The van der Waals surface area contributed by atoms with E-state index in [9.17, 15) is 34.5 Å². The number of likely N-dealkylation sites (tertiary alicyclic amines) is 1. The van der Waals surface area contributed by atoms with Crippen molar-refractivity contribution >= 4 is 28.9 Å². The van der Waals surface area contributed by atoms with Crippen molar-refractivity contribution < 1.29 is 38.9 Å². The molecule has 1 saturated heterocycles. The second kappa shape index (κ2) is 10.5. The van der Waals surface area contributed by atoms with E-state index < -0.39 is 64.7 Å². The number of aromatic hydroxyl groups is 1. The molecule has 1 aromatic carbocycles. The number of hydrogen-bond acceptors (Lipinski definition) is 11. The number of benzene rings is 1. The van der Waals surface area contributed by atoms with Gasteiger partial charge in [0.1, 0.15) is 11.7 Å². The normalized spacial score (nSPS) is 33.2. The zero-order chi connectivity index (χ0) is 31.0. The number of rotatable bonds is 5. The fourth-order valence-electron chi connectivity index (χ4n) is 8.05. The van der Waals surface area contributed by atoms with Gasteiger partial charge in [0.25, 0.3) is 0 Å². The minimum Gasteiger partial charge on any atom is -0.505 e. The lowest BCUT2D eigenvalue weighted by Crippen LogP contribution is -2.75. The Morgan fingerprint density at radius 3 is 2.49 bits per heavy atom. The number of phenols is 1. The number of piperidine rings is 1. The van der Waals surface area contributed by atoms with E-state index in [1.807, 2.05) is 7.05 Å². The molecular formula is C31H38N4O8. The van der Waals surface area contributed by atoms with Crippen LogP contribution < -0.4 is 11.1 Å². The zero-order valence-electron chi connectivity index (χ0n) is 24.4. The van der Waals surface area contributed by atoms with Crippen LogP contribution in [0.4, 0.5) is 5.69 Å². The summed E-state index contributed by atoms with van der Waals surface area (Å²) < 4.78 is 5.35. The third-order valence-corrected chi connectivity index (χ3v) is 10.2. The molecule has 2 saturated carbocycles. The second-order valence-corrected chi connectivity index (χ2v) is 12.9. The molecule has 4 aliphatic rings. The molecule has 12 nitrogen and oxygen atoms in total. The number of phenolic OH excluding ortho intramolecular Hbond substituents is 1. The Kier molecular flexibility index (Phi) is 7.23. The van der Waals surface area contributed by atoms with E-state index in [1.165, 1.54) is 6.26 Å². The lowest BCUT2D eigenvalue weighted by Gasteiger charge is -2.54. The molecule has 0 radical (unpaired) electrons. The molecule has 3 aliphatic carbocycles. The molecule has 7 atom stereocenters. The van der Waals surface area contributed by atoms with E-state index in [0.717, 1.165) is 25.9 Å². The molecule has 1 aromatic heterocycles. The molecule has 1 amide bonds. The predicted octanol–water partition coefficient (Wildman–Crippen LogP) is 0.425. The van der Waals surface area contributed by atoms with Gasteiger partial charge in [0.2, 0.25) is 5.91 Å². The number of carbonyl (C=O) groups excluding carboxylic acids is 4. The largest absolute Gasteiger partial charge is 0.505 e. The summed E-state index contributed by atoms with van der Waals surface area (Å²) in [6, 6.07) is 2.67. The van der Waals surface area contributed by atoms with Gasteiger partial charge in [-0.05, 0) is 89.1 Å². The first kappa shape index (κ1) is 29.5. The predicted molar refractivity (Wildman–Crippen MR) is 154 cm³/mol. The lowest BCUT2D eigenvalue weighted by molar-refractivity contribution is -0.190. The number of carbonyl (C=O) groups is 4. The molecule has 3 unspecified atom stereocenters. The smallest absolute Gasteiger partial charge is 0.230 e. The Hall–Kier alpha value is -3.58. The summed E-state index contributed by atoms with van der Waals surface area (Å²) in [6.45, 7) is 1.75. The number of likely N-dealkylation sites (N-methyl/N-ethyl adjacent to an activating group) is 1. The van der Waals surface area contributed by atoms with Crippen molar-refractivity contribution in [2.75, 3.05) is 39.5 Å². The Morgan fingerprint density at radius 1 is 1.19 bits per heavy atom. The molecule has 6 rings (SSSR count). The Labute approximate surface area is 248 Å². The van der Waals surface area contributed by atoms with Crippen molar-refractivity contribution in [2.24, 2.45) is 29.4 Å². The van der Waals surface area contributed by atoms with E-state index >= 15 is 0 Å². The first-order chi connectivity index (χ1) is 20.4. The van der Waals surface area contributed by atoms with Crippen LogP contribution in [-0.4, -0.2) is 106 Å². The van der Waals surface area contributed by atoms with E-state index in [0.29, 0.717) is 22.4 Å². The highest BCUT2D eigenvalue weighted by molar-refractivity contribution is 6.26. The number of nitrogens with one attached hydrogen (secondary N) is 1. The number of nitrogens with zero attached hydrogens (tertiary/aromatic N) is 2. The van der Waals surface area contributed by atoms with Gasteiger partial charge in [-0.1, -0.05) is 0 Å². The van der Waals surface area contributed by atoms with Crippen LogP contribution in [0.1, 0.15) is 35.2 Å². The van der Waals surface area contributed by atoms with E-state index in [-0.39, 0.29) is 30.2 Å². The molecule has 2 aromatic rings. The van der Waals surface area contributed by atoms with Crippen LogP contribution >= 0.6 is 0 Å². The monoisotopic (exact) mass is 594 g/mol. The number of aliphatic hydroxyl groups is 2. The van der Waals surface area contributed by atoms with Gasteiger partial charge < -0.3 is 40.6 Å². The summed E-state index contributed by atoms with van der Waals surface area (Å²) in [5, 5.41) is 37.9. The number of Topliss-reactive ketones (excluding diaryl/α,β-unsaturated/α-hetero) is 3. The van der Waals surface area contributed by atoms with Crippen LogP contribution in [0.25, 0.3) is 11.1 Å². The Balaban J connectivity index is 1.46. The van der Waals surface area contributed by atoms with Crippen LogP contribution in [0.3, 0.4) is 0 Å². The van der Waals surface area contributed by atoms with Gasteiger partial charge in [-0.3, -0.25) is 19.2 Å². The van der Waals surface area contributed by atoms with Crippen molar-refractivity contribution in [3.63, 3.8) is 0 Å². The standard InChI is InChI=1S/C31H38N4O8/c1-34(2)24-19-11-15-10-18-17(14-6-9-43-13-14)12-20(33-16-4-7-35(3)8-5-16)25(36)22(18)26(37)21(15)28(39)31(19,42)29(40)23(27(24)38)30(32)41/h6,9,12-13,15-16,19,21,23-24,27,33,36,38,42H,4-5,7-8,10-11H2,1-3H3,(H2,32,41)/t15-,19-,21?,23?,24-,27?,31-/m1/s1. The number of fused-ring (bicyclic) bond motifs is 3. The van der Waals surface area contributed by atoms with Gasteiger partial charge in [0, 0.05) is 23.6 Å². The average molecular weight is 595 g/mol. The quantitative estimate of drug-likeness (QED) is 0.239. The fraction of sp³-hybridized carbons (Fsp3) is 0.548. The molecule has 6 N–H and O–H groups in total. The molecule has 43 heavy (non-hydrogen) atoms. The van der Waals surface area contributed by atoms with Crippen molar-refractivity contribution in [1.82, 2.24) is 9.80 Å². The minimum atomic E-state index is -2.70. The number of furan rings is 1. The van der Waals surface area contributed by atoms with Crippen molar-refractivity contribution in [3.8, 4) is 16.9 Å². The number of hydrogen-bond donors (Lipinski definition) is 5. The topological polar surface area (TPSA) is 187 Å². The number of primary amides is 1. The minimum absolute atomic E-state index is 0.0234. The highest BCUT2D eigenvalue weighted by Crippen LogP contribution is 2.53. The van der Waals surface area contributed by atoms with Crippen LogP contribution in [-0.2, 0) is 20.8 Å². The molecule has 0 spiro atoms. The van der Waals surface area contributed by atoms with Gasteiger partial charge in [-0.25, -0.2) is 0 Å². The summed E-state index contributed by atoms with van der Waals surface area (Å²) in [5.74, 6) is -9.26. The average Bonchev–Trinajstić information content (AvgIpc) is 3.48. The van der Waals surface area contributed by atoms with Gasteiger partial charge in [-0.15, -0.1) is 0 Å². The molecule has 12 heteroatoms. The van der Waals surface area contributed by atoms with E-state index in [2.05, 4.69) is 10.2 Å². The Bertz CT molecular complexity index is 1480. The molecule has 1 aliphatic heterocycles. The summed E-state index contributed by atoms with van der Waals surface area (Å²) in [5.41, 5.74) is 5.03. The maximum absolute atomic E-state index is 14.3. The van der Waals surface area contributed by atoms with Crippen molar-refractivity contribution in [1.29, 1.82) is 0 Å². The lowest BCUT2D eigenvalue weighted by atomic mass is 9.52. The second-order valence-electron chi connectivity index (χ2n) is 12.9. The number of ketones is 3. The van der Waals surface area contributed by atoms with Gasteiger partial charge in [0.15, 0.2) is 23.0 Å². The van der Waals surface area contributed by atoms with Gasteiger partial charge in [0.05, 0.1) is 35.8 Å². The summed E-state index contributed by atoms with van der Waals surface area (Å²) in [4.78, 5) is 58.1.